The molecule has 0 atom stereocenters. The van der Waals surface area contributed by atoms with Gasteiger partial charge in [-0.25, -0.2) is 0 Å². The number of rotatable bonds is 11. The summed E-state index contributed by atoms with van der Waals surface area (Å²) in [6.07, 6.45) is 6.83. The van der Waals surface area contributed by atoms with Crippen molar-refractivity contribution >= 4 is 0 Å². The van der Waals surface area contributed by atoms with Crippen LogP contribution in [-0.2, 0) is 9.47 Å². The largest absolute Gasteiger partial charge is 0.382 e. The van der Waals surface area contributed by atoms with Crippen LogP contribution in [0.1, 0.15) is 32.1 Å². The molecule has 1 N–H and O–H groups in total. The second kappa shape index (κ2) is 9.13. The van der Waals surface area contributed by atoms with Crippen LogP contribution >= 0.6 is 0 Å². The SMILES string of the molecule is COCCOCCCNCCCC1CC1. The van der Waals surface area contributed by atoms with E-state index in [1.807, 2.05) is 0 Å². The summed E-state index contributed by atoms with van der Waals surface area (Å²) in [7, 11) is 1.70. The van der Waals surface area contributed by atoms with Crippen LogP contribution < -0.4 is 5.32 Å². The Kier molecular flexibility index (Phi) is 7.88. The van der Waals surface area contributed by atoms with E-state index >= 15 is 0 Å². The average molecular weight is 215 g/mol. The maximum atomic E-state index is 5.36. The predicted octanol–water partition coefficient (Wildman–Crippen LogP) is 1.82. The van der Waals surface area contributed by atoms with E-state index in [0.29, 0.717) is 6.61 Å². The van der Waals surface area contributed by atoms with Crippen LogP contribution in [0.3, 0.4) is 0 Å². The molecule has 0 unspecified atom stereocenters. The van der Waals surface area contributed by atoms with Gasteiger partial charge in [0.25, 0.3) is 0 Å². The van der Waals surface area contributed by atoms with Gasteiger partial charge >= 0.3 is 0 Å². The van der Waals surface area contributed by atoms with Crippen molar-refractivity contribution in [3.63, 3.8) is 0 Å². The van der Waals surface area contributed by atoms with Crippen LogP contribution in [0.25, 0.3) is 0 Å². The zero-order valence-corrected chi connectivity index (χ0v) is 9.96. The summed E-state index contributed by atoms with van der Waals surface area (Å²) in [5, 5.41) is 3.45. The van der Waals surface area contributed by atoms with Gasteiger partial charge in [0.15, 0.2) is 0 Å². The van der Waals surface area contributed by atoms with Gasteiger partial charge in [0, 0.05) is 13.7 Å². The highest BCUT2D eigenvalue weighted by Crippen LogP contribution is 2.33. The van der Waals surface area contributed by atoms with Gasteiger partial charge in [-0.3, -0.25) is 0 Å². The Balaban J connectivity index is 1.62. The molecule has 1 saturated carbocycles. The molecule has 0 aromatic rings. The van der Waals surface area contributed by atoms with Crippen LogP contribution in [0.15, 0.2) is 0 Å². The molecule has 0 aliphatic heterocycles. The van der Waals surface area contributed by atoms with Crippen molar-refractivity contribution < 1.29 is 9.47 Å². The summed E-state index contributed by atoms with van der Waals surface area (Å²) in [5.41, 5.74) is 0. The summed E-state index contributed by atoms with van der Waals surface area (Å²) in [4.78, 5) is 0. The number of nitrogens with one attached hydrogen (secondary N) is 1. The van der Waals surface area contributed by atoms with E-state index in [1.165, 1.54) is 32.2 Å². The molecule has 0 bridgehead atoms. The molecule has 3 heteroatoms. The van der Waals surface area contributed by atoms with Gasteiger partial charge in [-0.1, -0.05) is 12.8 Å². The highest BCUT2D eigenvalue weighted by atomic mass is 16.5. The number of hydrogen-bond acceptors (Lipinski definition) is 3. The first-order valence-electron chi connectivity index (χ1n) is 6.21. The summed E-state index contributed by atoms with van der Waals surface area (Å²) in [5.74, 6) is 1.07. The molecule has 0 heterocycles. The minimum atomic E-state index is 0.703. The molecular formula is C12H25NO2. The van der Waals surface area contributed by atoms with Crippen molar-refractivity contribution in [3.8, 4) is 0 Å². The molecule has 90 valence electrons. The fourth-order valence-corrected chi connectivity index (χ4v) is 1.59. The lowest BCUT2D eigenvalue weighted by Crippen LogP contribution is -2.18. The normalized spacial score (nSPS) is 15.8. The topological polar surface area (TPSA) is 30.5 Å². The molecule has 1 fully saturated rings. The van der Waals surface area contributed by atoms with E-state index < -0.39 is 0 Å². The molecule has 0 saturated heterocycles. The zero-order valence-electron chi connectivity index (χ0n) is 9.96. The van der Waals surface area contributed by atoms with Crippen LogP contribution in [-0.4, -0.2) is 40.0 Å². The Hall–Kier alpha value is -0.120. The van der Waals surface area contributed by atoms with Gasteiger partial charge in [0.05, 0.1) is 13.2 Å². The van der Waals surface area contributed by atoms with Crippen molar-refractivity contribution in [2.45, 2.75) is 32.1 Å². The van der Waals surface area contributed by atoms with Crippen molar-refractivity contribution in [1.29, 1.82) is 0 Å². The first kappa shape index (κ1) is 12.9. The van der Waals surface area contributed by atoms with Crippen molar-refractivity contribution in [2.75, 3.05) is 40.0 Å². The molecule has 1 aliphatic rings. The van der Waals surface area contributed by atoms with Gasteiger partial charge in [0.2, 0.25) is 0 Å². The molecular weight excluding hydrogens is 190 g/mol. The molecule has 0 amide bonds. The molecule has 1 aliphatic carbocycles. The maximum absolute atomic E-state index is 5.36. The van der Waals surface area contributed by atoms with Crippen molar-refractivity contribution in [1.82, 2.24) is 5.32 Å². The summed E-state index contributed by atoms with van der Waals surface area (Å²) < 4.78 is 10.3. The second-order valence-corrected chi connectivity index (χ2v) is 4.29. The van der Waals surface area contributed by atoms with Gasteiger partial charge in [-0.15, -0.1) is 0 Å². The van der Waals surface area contributed by atoms with E-state index in [-0.39, 0.29) is 0 Å². The van der Waals surface area contributed by atoms with E-state index in [0.717, 1.165) is 32.1 Å². The van der Waals surface area contributed by atoms with E-state index in [2.05, 4.69) is 5.32 Å². The fourth-order valence-electron chi connectivity index (χ4n) is 1.59. The number of hydrogen-bond donors (Lipinski definition) is 1. The third-order valence-electron chi connectivity index (χ3n) is 2.74. The minimum Gasteiger partial charge on any atom is -0.382 e. The van der Waals surface area contributed by atoms with Gasteiger partial charge in [-0.05, 0) is 38.3 Å². The molecule has 0 aromatic heterocycles. The van der Waals surface area contributed by atoms with Crippen LogP contribution in [0, 0.1) is 5.92 Å². The molecule has 1 rings (SSSR count). The Morgan fingerprint density at radius 3 is 2.60 bits per heavy atom. The third-order valence-corrected chi connectivity index (χ3v) is 2.74. The second-order valence-electron chi connectivity index (χ2n) is 4.29. The van der Waals surface area contributed by atoms with Crippen molar-refractivity contribution in [3.05, 3.63) is 0 Å². The Bertz CT molecular complexity index is 138. The zero-order chi connectivity index (χ0) is 10.8. The lowest BCUT2D eigenvalue weighted by molar-refractivity contribution is 0.0695. The Morgan fingerprint density at radius 2 is 1.87 bits per heavy atom. The van der Waals surface area contributed by atoms with Crippen LogP contribution in [0.5, 0.6) is 0 Å². The predicted molar refractivity (Wildman–Crippen MR) is 62.1 cm³/mol. The van der Waals surface area contributed by atoms with E-state index in [4.69, 9.17) is 9.47 Å². The molecule has 0 spiro atoms. The Labute approximate surface area is 93.5 Å². The van der Waals surface area contributed by atoms with E-state index in [1.54, 1.807) is 7.11 Å². The average Bonchev–Trinajstić information content (AvgIpc) is 3.05. The first-order valence-corrected chi connectivity index (χ1v) is 6.21. The lowest BCUT2D eigenvalue weighted by atomic mass is 10.2. The highest BCUT2D eigenvalue weighted by Gasteiger charge is 2.19. The molecule has 15 heavy (non-hydrogen) atoms. The maximum Gasteiger partial charge on any atom is 0.0700 e. The molecule has 0 radical (unpaired) electrons. The first-order chi connectivity index (χ1) is 7.43. The number of methoxy groups -OCH3 is 1. The number of ether oxygens (including phenoxy) is 2. The summed E-state index contributed by atoms with van der Waals surface area (Å²) >= 11 is 0. The van der Waals surface area contributed by atoms with Crippen LogP contribution in [0.2, 0.25) is 0 Å². The third kappa shape index (κ3) is 8.85. The van der Waals surface area contributed by atoms with Crippen molar-refractivity contribution in [2.24, 2.45) is 5.92 Å². The summed E-state index contributed by atoms with van der Waals surface area (Å²) in [6.45, 7) is 4.53. The van der Waals surface area contributed by atoms with E-state index in [9.17, 15) is 0 Å². The van der Waals surface area contributed by atoms with Gasteiger partial charge < -0.3 is 14.8 Å². The van der Waals surface area contributed by atoms with Gasteiger partial charge in [0.1, 0.15) is 0 Å². The Morgan fingerprint density at radius 1 is 1.07 bits per heavy atom. The minimum absolute atomic E-state index is 0.703. The monoisotopic (exact) mass is 215 g/mol. The van der Waals surface area contributed by atoms with Crippen LogP contribution in [0.4, 0.5) is 0 Å². The summed E-state index contributed by atoms with van der Waals surface area (Å²) in [6, 6.07) is 0. The standard InChI is InChI=1S/C12H25NO2/c1-14-10-11-15-9-3-8-13-7-2-4-12-5-6-12/h12-13H,2-11H2,1H3. The lowest BCUT2D eigenvalue weighted by Gasteiger charge is -2.05. The molecule has 0 aromatic carbocycles. The fraction of sp³-hybridized carbons (Fsp3) is 1.00. The quantitative estimate of drug-likeness (QED) is 0.533. The highest BCUT2D eigenvalue weighted by molar-refractivity contribution is 4.72. The molecule has 3 nitrogen and oxygen atoms in total. The van der Waals surface area contributed by atoms with Gasteiger partial charge in [-0.2, -0.15) is 0 Å². The smallest absolute Gasteiger partial charge is 0.0700 e.